The number of hydrazine groups is 1. The zero-order chi connectivity index (χ0) is 12.8. The lowest BCUT2D eigenvalue weighted by atomic mass is 10.3. The molecule has 0 spiro atoms. The molecule has 0 fully saturated rings. The van der Waals surface area contributed by atoms with Gasteiger partial charge in [-0.3, -0.25) is 10.5 Å². The minimum Gasteiger partial charge on any atom is -0.382 e. The molecule has 2 rings (SSSR count). The van der Waals surface area contributed by atoms with E-state index in [1.807, 2.05) is 6.92 Å². The van der Waals surface area contributed by atoms with Crippen LogP contribution >= 0.6 is 0 Å². The first-order chi connectivity index (χ1) is 8.85. The van der Waals surface area contributed by atoms with Crippen molar-refractivity contribution >= 4 is 22.8 Å². The summed E-state index contributed by atoms with van der Waals surface area (Å²) in [5.41, 5.74) is 3.07. The van der Waals surface area contributed by atoms with Crippen molar-refractivity contribution in [1.82, 2.24) is 20.2 Å². The highest BCUT2D eigenvalue weighted by atomic mass is 16.5. The number of hydrogen-bond acceptors (Lipinski definition) is 7. The van der Waals surface area contributed by atoms with Crippen LogP contribution in [0.4, 0.5) is 11.8 Å². The number of anilines is 2. The maximum Gasteiger partial charge on any atom is 0.241 e. The molecule has 18 heavy (non-hydrogen) atoms. The van der Waals surface area contributed by atoms with Crippen molar-refractivity contribution in [2.24, 2.45) is 5.84 Å². The highest BCUT2D eigenvalue weighted by Gasteiger charge is 2.08. The van der Waals surface area contributed by atoms with Crippen LogP contribution in [0.2, 0.25) is 0 Å². The Kier molecular flexibility index (Phi) is 4.26. The molecule has 2 aromatic rings. The molecule has 8 heteroatoms. The Morgan fingerprint density at radius 3 is 3.11 bits per heavy atom. The highest BCUT2D eigenvalue weighted by Crippen LogP contribution is 2.19. The topological polar surface area (TPSA) is 114 Å². The lowest BCUT2D eigenvalue weighted by Gasteiger charge is -2.08. The second-order valence-corrected chi connectivity index (χ2v) is 3.65. The van der Waals surface area contributed by atoms with Crippen LogP contribution in [0.1, 0.15) is 13.3 Å². The molecule has 0 bridgehead atoms. The van der Waals surface area contributed by atoms with Gasteiger partial charge in [0.15, 0.2) is 5.65 Å². The Hall–Kier alpha value is -1.93. The average Bonchev–Trinajstić information content (AvgIpc) is 2.86. The molecule has 0 radical (unpaired) electrons. The summed E-state index contributed by atoms with van der Waals surface area (Å²) in [6.07, 6.45) is 2.59. The molecule has 0 aliphatic carbocycles. The summed E-state index contributed by atoms with van der Waals surface area (Å²) < 4.78 is 5.27. The smallest absolute Gasteiger partial charge is 0.241 e. The van der Waals surface area contributed by atoms with E-state index < -0.39 is 0 Å². The van der Waals surface area contributed by atoms with E-state index in [2.05, 4.69) is 30.9 Å². The van der Waals surface area contributed by atoms with Crippen LogP contribution in [-0.2, 0) is 4.74 Å². The van der Waals surface area contributed by atoms with Gasteiger partial charge in [0.1, 0.15) is 5.82 Å². The first-order valence-electron chi connectivity index (χ1n) is 5.84. The summed E-state index contributed by atoms with van der Waals surface area (Å²) in [5, 5.41) is 10.8. The minimum absolute atomic E-state index is 0.346. The zero-order valence-corrected chi connectivity index (χ0v) is 10.2. The number of nitrogen functional groups attached to an aromatic ring is 1. The third-order valence-electron chi connectivity index (χ3n) is 2.40. The Labute approximate surface area is 104 Å². The van der Waals surface area contributed by atoms with Gasteiger partial charge in [-0.1, -0.05) is 0 Å². The molecule has 0 saturated heterocycles. The second kappa shape index (κ2) is 6.12. The fourth-order valence-corrected chi connectivity index (χ4v) is 1.56. The van der Waals surface area contributed by atoms with Crippen LogP contribution in [0.15, 0.2) is 6.20 Å². The average molecular weight is 251 g/mol. The molecule has 0 aromatic carbocycles. The standard InChI is InChI=1S/C10H17N7O/c1-2-18-5-3-4-12-8-7-6-13-17-9(7)15-10(14-8)16-11/h6H,2-5,11H2,1H3,(H3,12,13,14,15,16,17). The number of aromatic nitrogens is 4. The van der Waals surface area contributed by atoms with E-state index in [-0.39, 0.29) is 0 Å². The van der Waals surface area contributed by atoms with Gasteiger partial charge in [0.2, 0.25) is 5.95 Å². The summed E-state index contributed by atoms with van der Waals surface area (Å²) in [6, 6.07) is 0. The molecule has 0 aliphatic rings. The normalized spacial score (nSPS) is 10.8. The molecular formula is C10H17N7O. The quantitative estimate of drug-likeness (QED) is 0.321. The number of hydrogen-bond donors (Lipinski definition) is 4. The molecule has 98 valence electrons. The summed E-state index contributed by atoms with van der Waals surface area (Å²) in [5.74, 6) is 6.37. The Bertz CT molecular complexity index is 498. The monoisotopic (exact) mass is 251 g/mol. The fourth-order valence-electron chi connectivity index (χ4n) is 1.56. The fraction of sp³-hybridized carbons (Fsp3) is 0.500. The van der Waals surface area contributed by atoms with Gasteiger partial charge < -0.3 is 10.1 Å². The van der Waals surface area contributed by atoms with Crippen molar-refractivity contribution in [1.29, 1.82) is 0 Å². The summed E-state index contributed by atoms with van der Waals surface area (Å²) >= 11 is 0. The van der Waals surface area contributed by atoms with Crippen LogP contribution < -0.4 is 16.6 Å². The Morgan fingerprint density at radius 1 is 1.44 bits per heavy atom. The van der Waals surface area contributed by atoms with E-state index in [1.165, 1.54) is 0 Å². The first kappa shape index (κ1) is 12.5. The third kappa shape index (κ3) is 2.84. The van der Waals surface area contributed by atoms with Gasteiger partial charge in [-0.25, -0.2) is 5.84 Å². The van der Waals surface area contributed by atoms with Crippen LogP contribution in [0, 0.1) is 0 Å². The van der Waals surface area contributed by atoms with E-state index in [4.69, 9.17) is 10.6 Å². The molecule has 2 heterocycles. The number of aromatic amines is 1. The van der Waals surface area contributed by atoms with Crippen molar-refractivity contribution in [2.75, 3.05) is 30.5 Å². The van der Waals surface area contributed by atoms with Gasteiger partial charge in [0, 0.05) is 19.8 Å². The predicted molar refractivity (Wildman–Crippen MR) is 69.1 cm³/mol. The predicted octanol–water partition coefficient (Wildman–Crippen LogP) is 0.477. The zero-order valence-electron chi connectivity index (χ0n) is 10.2. The van der Waals surface area contributed by atoms with Gasteiger partial charge in [-0.15, -0.1) is 0 Å². The van der Waals surface area contributed by atoms with Crippen molar-refractivity contribution in [3.05, 3.63) is 6.20 Å². The van der Waals surface area contributed by atoms with Crippen molar-refractivity contribution in [3.63, 3.8) is 0 Å². The van der Waals surface area contributed by atoms with E-state index >= 15 is 0 Å². The van der Waals surface area contributed by atoms with Gasteiger partial charge in [0.05, 0.1) is 11.6 Å². The Morgan fingerprint density at radius 2 is 2.33 bits per heavy atom. The number of H-pyrrole nitrogens is 1. The van der Waals surface area contributed by atoms with Crippen LogP contribution in [0.5, 0.6) is 0 Å². The SMILES string of the molecule is CCOCCCNc1nc(NN)nc2[nH]ncc12. The summed E-state index contributed by atoms with van der Waals surface area (Å²) in [6.45, 7) is 4.21. The van der Waals surface area contributed by atoms with Crippen molar-refractivity contribution < 1.29 is 4.74 Å². The number of nitrogens with one attached hydrogen (secondary N) is 3. The largest absolute Gasteiger partial charge is 0.382 e. The van der Waals surface area contributed by atoms with Crippen LogP contribution in [0.3, 0.4) is 0 Å². The van der Waals surface area contributed by atoms with E-state index in [0.29, 0.717) is 17.4 Å². The van der Waals surface area contributed by atoms with E-state index in [0.717, 1.165) is 31.6 Å². The van der Waals surface area contributed by atoms with E-state index in [9.17, 15) is 0 Å². The van der Waals surface area contributed by atoms with E-state index in [1.54, 1.807) is 6.20 Å². The molecule has 0 saturated carbocycles. The number of nitrogens with zero attached hydrogens (tertiary/aromatic N) is 3. The molecule has 0 unspecified atom stereocenters. The molecule has 0 amide bonds. The number of nitrogens with two attached hydrogens (primary N) is 1. The first-order valence-corrected chi connectivity index (χ1v) is 5.84. The highest BCUT2D eigenvalue weighted by molar-refractivity contribution is 5.86. The van der Waals surface area contributed by atoms with Crippen molar-refractivity contribution in [3.8, 4) is 0 Å². The third-order valence-corrected chi connectivity index (χ3v) is 2.40. The lowest BCUT2D eigenvalue weighted by molar-refractivity contribution is 0.147. The van der Waals surface area contributed by atoms with Crippen molar-refractivity contribution in [2.45, 2.75) is 13.3 Å². The van der Waals surface area contributed by atoms with Gasteiger partial charge in [0.25, 0.3) is 0 Å². The second-order valence-electron chi connectivity index (χ2n) is 3.65. The molecule has 5 N–H and O–H groups in total. The maximum atomic E-state index is 5.32. The van der Waals surface area contributed by atoms with Crippen LogP contribution in [0.25, 0.3) is 11.0 Å². The molecular weight excluding hydrogens is 234 g/mol. The molecule has 2 aromatic heterocycles. The minimum atomic E-state index is 0.346. The van der Waals surface area contributed by atoms with Gasteiger partial charge in [-0.05, 0) is 13.3 Å². The van der Waals surface area contributed by atoms with Gasteiger partial charge in [-0.2, -0.15) is 15.1 Å². The molecule has 8 nitrogen and oxygen atoms in total. The van der Waals surface area contributed by atoms with Crippen LogP contribution in [-0.4, -0.2) is 39.9 Å². The number of ether oxygens (including phenoxy) is 1. The number of fused-ring (bicyclic) bond motifs is 1. The number of rotatable bonds is 7. The maximum absolute atomic E-state index is 5.32. The Balaban J connectivity index is 2.04. The molecule has 0 aliphatic heterocycles. The lowest BCUT2D eigenvalue weighted by Crippen LogP contribution is -2.13. The molecule has 0 atom stereocenters. The summed E-state index contributed by atoms with van der Waals surface area (Å²) in [4.78, 5) is 8.39. The summed E-state index contributed by atoms with van der Waals surface area (Å²) in [7, 11) is 0. The van der Waals surface area contributed by atoms with Gasteiger partial charge >= 0.3 is 0 Å².